The number of benzene rings is 7. The molecule has 1 aliphatic rings. The Hall–Kier alpha value is -7.37. The van der Waals surface area contributed by atoms with Gasteiger partial charge in [0, 0.05) is 38.1 Å². The standard InChI is InChI=1S/C52H36N4O/c1-52(37-29-27-35(28-30-37)39-21-9-8-20-38(39)34-16-4-2-5-17-34)33-15-14-24-44(52)50-53-49(36-18-6-3-7-19-36)54-51(55-50)56-45-25-12-10-22-40(45)42-31-32-43-41-23-11-13-26-46(41)57-48(43)47(42)56/h2-32H,33H2,1H3. The number of aromatic nitrogens is 4. The molecule has 11 rings (SSSR count). The third-order valence-corrected chi connectivity index (χ3v) is 11.6. The van der Waals surface area contributed by atoms with Crippen molar-refractivity contribution in [2.24, 2.45) is 0 Å². The molecule has 3 heterocycles. The van der Waals surface area contributed by atoms with Gasteiger partial charge in [-0.05, 0) is 52.4 Å². The van der Waals surface area contributed by atoms with Crippen LogP contribution in [0.2, 0.25) is 0 Å². The van der Waals surface area contributed by atoms with Crippen molar-refractivity contribution in [2.75, 3.05) is 0 Å². The second-order valence-electron chi connectivity index (χ2n) is 15.0. The van der Waals surface area contributed by atoms with Crippen LogP contribution in [0, 0.1) is 0 Å². The summed E-state index contributed by atoms with van der Waals surface area (Å²) in [5, 5.41) is 4.33. The molecule has 5 heteroatoms. The molecule has 270 valence electrons. The summed E-state index contributed by atoms with van der Waals surface area (Å²) in [5.74, 6) is 1.81. The van der Waals surface area contributed by atoms with Crippen LogP contribution < -0.4 is 0 Å². The van der Waals surface area contributed by atoms with Crippen molar-refractivity contribution in [2.45, 2.75) is 18.8 Å². The molecule has 1 aliphatic carbocycles. The number of hydrogen-bond donors (Lipinski definition) is 0. The molecule has 10 aromatic rings. The van der Waals surface area contributed by atoms with E-state index in [2.05, 4.69) is 169 Å². The highest BCUT2D eigenvalue weighted by molar-refractivity contribution is 6.21. The molecular formula is C52H36N4O. The lowest BCUT2D eigenvalue weighted by Crippen LogP contribution is -2.26. The van der Waals surface area contributed by atoms with Gasteiger partial charge in [0.2, 0.25) is 5.95 Å². The topological polar surface area (TPSA) is 56.7 Å². The van der Waals surface area contributed by atoms with Crippen molar-refractivity contribution in [1.29, 1.82) is 0 Å². The molecule has 0 saturated carbocycles. The molecular weight excluding hydrogens is 697 g/mol. The fraction of sp³-hybridized carbons (Fsp3) is 0.0577. The molecule has 3 aromatic heterocycles. The molecule has 57 heavy (non-hydrogen) atoms. The highest BCUT2D eigenvalue weighted by Gasteiger charge is 2.35. The predicted octanol–water partition coefficient (Wildman–Crippen LogP) is 13.2. The lowest BCUT2D eigenvalue weighted by Gasteiger charge is -2.33. The van der Waals surface area contributed by atoms with Gasteiger partial charge in [-0.2, -0.15) is 9.97 Å². The van der Waals surface area contributed by atoms with E-state index in [0.717, 1.165) is 61.3 Å². The number of nitrogens with zero attached hydrogens (tertiary/aromatic N) is 4. The molecule has 1 unspecified atom stereocenters. The normalized spacial score (nSPS) is 15.5. The molecule has 5 nitrogen and oxygen atoms in total. The lowest BCUT2D eigenvalue weighted by molar-refractivity contribution is 0.614. The summed E-state index contributed by atoms with van der Waals surface area (Å²) in [6.45, 7) is 2.30. The zero-order valence-electron chi connectivity index (χ0n) is 31.3. The van der Waals surface area contributed by atoms with Gasteiger partial charge in [0.05, 0.1) is 5.52 Å². The fourth-order valence-electron chi connectivity index (χ4n) is 8.72. The summed E-state index contributed by atoms with van der Waals surface area (Å²) in [4.78, 5) is 15.9. The average molecular weight is 733 g/mol. The van der Waals surface area contributed by atoms with E-state index >= 15 is 0 Å². The monoisotopic (exact) mass is 732 g/mol. The third kappa shape index (κ3) is 5.35. The molecule has 0 saturated heterocycles. The maximum absolute atomic E-state index is 6.67. The number of allylic oxidation sites excluding steroid dienone is 4. The van der Waals surface area contributed by atoms with Gasteiger partial charge in [-0.1, -0.05) is 177 Å². The molecule has 0 spiro atoms. The van der Waals surface area contributed by atoms with Gasteiger partial charge in [-0.3, -0.25) is 4.57 Å². The fourth-order valence-corrected chi connectivity index (χ4v) is 8.72. The van der Waals surface area contributed by atoms with Gasteiger partial charge in [-0.15, -0.1) is 0 Å². The molecule has 0 N–H and O–H groups in total. The summed E-state index contributed by atoms with van der Waals surface area (Å²) in [6.07, 6.45) is 7.36. The van der Waals surface area contributed by atoms with Crippen molar-refractivity contribution in [1.82, 2.24) is 19.5 Å². The Balaban J connectivity index is 1.10. The van der Waals surface area contributed by atoms with Crippen molar-refractivity contribution in [3.63, 3.8) is 0 Å². The van der Waals surface area contributed by atoms with Gasteiger partial charge >= 0.3 is 0 Å². The van der Waals surface area contributed by atoms with Crippen LogP contribution in [0.4, 0.5) is 0 Å². The van der Waals surface area contributed by atoms with Crippen LogP contribution in [0.3, 0.4) is 0 Å². The van der Waals surface area contributed by atoms with E-state index in [1.165, 1.54) is 27.8 Å². The van der Waals surface area contributed by atoms with Crippen LogP contribution in [0.1, 0.15) is 24.7 Å². The van der Waals surface area contributed by atoms with E-state index in [1.807, 2.05) is 30.3 Å². The minimum absolute atomic E-state index is 0.411. The highest BCUT2D eigenvalue weighted by Crippen LogP contribution is 2.45. The zero-order chi connectivity index (χ0) is 37.9. The van der Waals surface area contributed by atoms with E-state index in [1.54, 1.807) is 0 Å². The van der Waals surface area contributed by atoms with E-state index in [-0.39, 0.29) is 0 Å². The van der Waals surface area contributed by atoms with E-state index in [4.69, 9.17) is 19.4 Å². The third-order valence-electron chi connectivity index (χ3n) is 11.6. The van der Waals surface area contributed by atoms with Gasteiger partial charge < -0.3 is 4.42 Å². The number of fused-ring (bicyclic) bond motifs is 7. The quantitative estimate of drug-likeness (QED) is 0.171. The summed E-state index contributed by atoms with van der Waals surface area (Å²) in [7, 11) is 0. The molecule has 0 radical (unpaired) electrons. The van der Waals surface area contributed by atoms with Gasteiger partial charge in [0.25, 0.3) is 0 Å². The first-order valence-corrected chi connectivity index (χ1v) is 19.4. The molecule has 0 bridgehead atoms. The molecule has 0 fully saturated rings. The van der Waals surface area contributed by atoms with Crippen molar-refractivity contribution >= 4 is 49.3 Å². The van der Waals surface area contributed by atoms with Crippen LogP contribution in [-0.2, 0) is 5.41 Å². The first-order chi connectivity index (χ1) is 28.1. The Bertz CT molecular complexity index is 3210. The summed E-state index contributed by atoms with van der Waals surface area (Å²) < 4.78 is 8.84. The lowest BCUT2D eigenvalue weighted by atomic mass is 9.70. The number of para-hydroxylation sites is 2. The Kier molecular flexibility index (Phi) is 7.61. The van der Waals surface area contributed by atoms with E-state index in [0.29, 0.717) is 17.6 Å². The van der Waals surface area contributed by atoms with Crippen LogP contribution in [0.5, 0.6) is 0 Å². The Labute approximate surface area is 329 Å². The van der Waals surface area contributed by atoms with Crippen LogP contribution in [0.15, 0.2) is 193 Å². The molecule has 0 amide bonds. The summed E-state index contributed by atoms with van der Waals surface area (Å²) in [5.41, 5.74) is 11.2. The first-order valence-electron chi connectivity index (χ1n) is 19.4. The average Bonchev–Trinajstić information content (AvgIpc) is 3.83. The summed E-state index contributed by atoms with van der Waals surface area (Å²) >= 11 is 0. The summed E-state index contributed by atoms with van der Waals surface area (Å²) in [6, 6.07) is 59.5. The van der Waals surface area contributed by atoms with Crippen LogP contribution in [0.25, 0.3) is 88.9 Å². The van der Waals surface area contributed by atoms with Gasteiger partial charge in [0.15, 0.2) is 17.2 Å². The first kappa shape index (κ1) is 33.0. The zero-order valence-corrected chi connectivity index (χ0v) is 31.3. The Morgan fingerprint density at radius 3 is 1.91 bits per heavy atom. The van der Waals surface area contributed by atoms with Crippen LogP contribution >= 0.6 is 0 Å². The smallest absolute Gasteiger partial charge is 0.238 e. The second-order valence-corrected chi connectivity index (χ2v) is 15.0. The van der Waals surface area contributed by atoms with Gasteiger partial charge in [0.1, 0.15) is 11.1 Å². The SMILES string of the molecule is CC1(c2ccc(-c3ccccc3-c3ccccc3)cc2)CC=CC=C1c1nc(-c2ccccc2)nc(-n2c3ccccc3c3ccc4c5ccccc5oc4c32)n1. The Morgan fingerprint density at radius 1 is 0.526 bits per heavy atom. The maximum Gasteiger partial charge on any atom is 0.238 e. The van der Waals surface area contributed by atoms with Crippen molar-refractivity contribution in [3.05, 3.63) is 199 Å². The second kappa shape index (κ2) is 13.1. The van der Waals surface area contributed by atoms with E-state index < -0.39 is 5.41 Å². The predicted molar refractivity (Wildman–Crippen MR) is 233 cm³/mol. The number of furan rings is 1. The molecule has 0 aliphatic heterocycles. The minimum Gasteiger partial charge on any atom is -0.454 e. The van der Waals surface area contributed by atoms with E-state index in [9.17, 15) is 0 Å². The minimum atomic E-state index is -0.411. The number of hydrogen-bond acceptors (Lipinski definition) is 4. The van der Waals surface area contributed by atoms with Crippen molar-refractivity contribution in [3.8, 4) is 39.6 Å². The van der Waals surface area contributed by atoms with Crippen molar-refractivity contribution < 1.29 is 4.42 Å². The Morgan fingerprint density at radius 2 is 1.14 bits per heavy atom. The largest absolute Gasteiger partial charge is 0.454 e. The molecule has 7 aromatic carbocycles. The van der Waals surface area contributed by atoms with Crippen LogP contribution in [-0.4, -0.2) is 19.5 Å². The van der Waals surface area contributed by atoms with Gasteiger partial charge in [-0.25, -0.2) is 4.98 Å². The maximum atomic E-state index is 6.67. The molecule has 1 atom stereocenters. The highest BCUT2D eigenvalue weighted by atomic mass is 16.3. The number of rotatable bonds is 6.